The van der Waals surface area contributed by atoms with Crippen molar-refractivity contribution in [3.8, 4) is 0 Å². The van der Waals surface area contributed by atoms with Crippen molar-refractivity contribution in [1.82, 2.24) is 0 Å². The number of rotatable bonds is 1. The van der Waals surface area contributed by atoms with Crippen molar-refractivity contribution in [1.29, 1.82) is 0 Å². The van der Waals surface area contributed by atoms with Crippen LogP contribution in [0.25, 0.3) is 0 Å². The van der Waals surface area contributed by atoms with Crippen LogP contribution < -0.4 is 0 Å². The average molecular weight is 178 g/mol. The minimum Gasteiger partial charge on any atom is -0.468 e. The van der Waals surface area contributed by atoms with Crippen LogP contribution >= 0.6 is 0 Å². The first kappa shape index (κ1) is 9.09. The zero-order valence-electron chi connectivity index (χ0n) is 6.47. The Labute approximate surface area is 67.7 Å². The molecule has 1 aliphatic rings. The van der Waals surface area contributed by atoms with E-state index in [0.29, 0.717) is 0 Å². The molecule has 0 spiro atoms. The van der Waals surface area contributed by atoms with Crippen molar-refractivity contribution in [3.63, 3.8) is 0 Å². The van der Waals surface area contributed by atoms with Gasteiger partial charge in [0, 0.05) is 6.42 Å². The monoisotopic (exact) mass is 178 g/mol. The molecule has 0 aromatic heterocycles. The summed E-state index contributed by atoms with van der Waals surface area (Å²) < 4.78 is 29.3. The molecule has 0 N–H and O–H groups in total. The third-order valence-corrected chi connectivity index (χ3v) is 1.91. The lowest BCUT2D eigenvalue weighted by Crippen LogP contribution is -2.30. The highest BCUT2D eigenvalue weighted by molar-refractivity contribution is 6.04. The molecule has 1 unspecified atom stereocenters. The van der Waals surface area contributed by atoms with E-state index < -0.39 is 30.0 Å². The lowest BCUT2D eigenvalue weighted by molar-refractivity contribution is -0.153. The van der Waals surface area contributed by atoms with Gasteiger partial charge in [0.1, 0.15) is 5.92 Å². The minimum atomic E-state index is -3.33. The number of esters is 1. The third kappa shape index (κ3) is 1.31. The average Bonchev–Trinajstić information content (AvgIpc) is 2.27. The Balaban J connectivity index is 2.74. The molecular formula is C7H8F2O3. The fourth-order valence-corrected chi connectivity index (χ4v) is 1.20. The number of hydrogen-bond donors (Lipinski definition) is 0. The number of hydrogen-bond acceptors (Lipinski definition) is 3. The van der Waals surface area contributed by atoms with Gasteiger partial charge in [0.2, 0.25) is 5.78 Å². The number of halogens is 2. The molecule has 0 radical (unpaired) electrons. The van der Waals surface area contributed by atoms with Gasteiger partial charge in [-0.15, -0.1) is 0 Å². The SMILES string of the molecule is COC(=O)C1CCC(F)(F)C1=O. The third-order valence-electron chi connectivity index (χ3n) is 1.91. The molecule has 0 heterocycles. The number of ketones is 1. The lowest BCUT2D eigenvalue weighted by atomic mass is 10.1. The van der Waals surface area contributed by atoms with Crippen molar-refractivity contribution in [2.24, 2.45) is 5.92 Å². The van der Waals surface area contributed by atoms with Crippen molar-refractivity contribution in [2.45, 2.75) is 18.8 Å². The zero-order valence-corrected chi connectivity index (χ0v) is 6.47. The van der Waals surface area contributed by atoms with Crippen LogP contribution in [0.1, 0.15) is 12.8 Å². The van der Waals surface area contributed by atoms with E-state index in [0.717, 1.165) is 7.11 Å². The topological polar surface area (TPSA) is 43.4 Å². The second-order valence-corrected chi connectivity index (χ2v) is 2.68. The van der Waals surface area contributed by atoms with Crippen LogP contribution in [0.5, 0.6) is 0 Å². The van der Waals surface area contributed by atoms with Crippen molar-refractivity contribution < 1.29 is 23.1 Å². The molecule has 1 aliphatic carbocycles. The summed E-state index contributed by atoms with van der Waals surface area (Å²) in [6.45, 7) is 0. The van der Waals surface area contributed by atoms with E-state index in [2.05, 4.69) is 4.74 Å². The highest BCUT2D eigenvalue weighted by Gasteiger charge is 2.52. The van der Waals surface area contributed by atoms with Crippen LogP contribution in [-0.4, -0.2) is 24.8 Å². The molecular weight excluding hydrogens is 170 g/mol. The van der Waals surface area contributed by atoms with Gasteiger partial charge in [0.15, 0.2) is 0 Å². The maximum Gasteiger partial charge on any atom is 0.316 e. The van der Waals surface area contributed by atoms with Crippen LogP contribution in [-0.2, 0) is 14.3 Å². The van der Waals surface area contributed by atoms with Crippen molar-refractivity contribution in [2.75, 3.05) is 7.11 Å². The van der Waals surface area contributed by atoms with Gasteiger partial charge < -0.3 is 4.74 Å². The number of carbonyl (C=O) groups is 2. The lowest BCUT2D eigenvalue weighted by Gasteiger charge is -2.06. The van der Waals surface area contributed by atoms with E-state index in [-0.39, 0.29) is 6.42 Å². The van der Waals surface area contributed by atoms with Crippen LogP contribution in [0.4, 0.5) is 8.78 Å². The van der Waals surface area contributed by atoms with Gasteiger partial charge in [-0.3, -0.25) is 9.59 Å². The van der Waals surface area contributed by atoms with Gasteiger partial charge in [-0.2, -0.15) is 8.78 Å². The Morgan fingerprint density at radius 3 is 2.58 bits per heavy atom. The summed E-state index contributed by atoms with van der Waals surface area (Å²) in [5.41, 5.74) is 0. The first-order chi connectivity index (χ1) is 5.49. The Hall–Kier alpha value is -1.00. The highest BCUT2D eigenvalue weighted by atomic mass is 19.3. The van der Waals surface area contributed by atoms with E-state index in [4.69, 9.17) is 0 Å². The smallest absolute Gasteiger partial charge is 0.316 e. The molecule has 1 atom stereocenters. The molecule has 1 fully saturated rings. The van der Waals surface area contributed by atoms with Crippen molar-refractivity contribution in [3.05, 3.63) is 0 Å². The zero-order chi connectivity index (χ0) is 9.35. The summed E-state index contributed by atoms with van der Waals surface area (Å²) >= 11 is 0. The molecule has 0 amide bonds. The number of carbonyl (C=O) groups excluding carboxylic acids is 2. The molecule has 0 aliphatic heterocycles. The molecule has 68 valence electrons. The molecule has 3 nitrogen and oxygen atoms in total. The predicted molar refractivity (Wildman–Crippen MR) is 34.7 cm³/mol. The standard InChI is InChI=1S/C7H8F2O3/c1-12-6(11)4-2-3-7(8,9)5(4)10/h4H,2-3H2,1H3. The summed E-state index contributed by atoms with van der Waals surface area (Å²) in [5.74, 6) is -6.77. The number of methoxy groups -OCH3 is 1. The maximum atomic E-state index is 12.5. The van der Waals surface area contributed by atoms with Crippen LogP contribution in [0.15, 0.2) is 0 Å². The summed E-state index contributed by atoms with van der Waals surface area (Å²) in [7, 11) is 1.08. The number of alkyl halides is 2. The Morgan fingerprint density at radius 1 is 1.67 bits per heavy atom. The van der Waals surface area contributed by atoms with Gasteiger partial charge in [-0.1, -0.05) is 0 Å². The summed E-state index contributed by atoms with van der Waals surface area (Å²) in [6.07, 6.45) is -0.663. The van der Waals surface area contributed by atoms with E-state index in [9.17, 15) is 18.4 Å². The van der Waals surface area contributed by atoms with Gasteiger partial charge >= 0.3 is 11.9 Å². The van der Waals surface area contributed by atoms with Gasteiger partial charge in [0.05, 0.1) is 7.11 Å². The molecule has 5 heteroatoms. The predicted octanol–water partition coefficient (Wildman–Crippen LogP) is 0.774. The molecule has 12 heavy (non-hydrogen) atoms. The van der Waals surface area contributed by atoms with E-state index in [1.54, 1.807) is 0 Å². The summed E-state index contributed by atoms with van der Waals surface area (Å²) in [4.78, 5) is 21.5. The normalized spacial score (nSPS) is 27.2. The fraction of sp³-hybridized carbons (Fsp3) is 0.714. The Morgan fingerprint density at radius 2 is 2.25 bits per heavy atom. The molecule has 1 saturated carbocycles. The number of Topliss-reactive ketones (excluding diaryl/α,β-unsaturated/α-hetero) is 1. The fourth-order valence-electron chi connectivity index (χ4n) is 1.20. The van der Waals surface area contributed by atoms with Crippen LogP contribution in [0, 0.1) is 5.92 Å². The molecule has 0 aromatic carbocycles. The second-order valence-electron chi connectivity index (χ2n) is 2.68. The highest BCUT2D eigenvalue weighted by Crippen LogP contribution is 2.35. The largest absolute Gasteiger partial charge is 0.468 e. The minimum absolute atomic E-state index is 0.113. The first-order valence-corrected chi connectivity index (χ1v) is 3.49. The van der Waals surface area contributed by atoms with E-state index >= 15 is 0 Å². The second kappa shape index (κ2) is 2.80. The Bertz CT molecular complexity index is 225. The first-order valence-electron chi connectivity index (χ1n) is 3.49. The molecule has 0 bridgehead atoms. The van der Waals surface area contributed by atoms with Crippen LogP contribution in [0.2, 0.25) is 0 Å². The van der Waals surface area contributed by atoms with E-state index in [1.807, 2.05) is 0 Å². The van der Waals surface area contributed by atoms with Gasteiger partial charge in [0.25, 0.3) is 0 Å². The number of ether oxygens (including phenoxy) is 1. The van der Waals surface area contributed by atoms with Crippen molar-refractivity contribution >= 4 is 11.8 Å². The van der Waals surface area contributed by atoms with Gasteiger partial charge in [-0.05, 0) is 6.42 Å². The summed E-state index contributed by atoms with van der Waals surface area (Å²) in [5, 5.41) is 0. The maximum absolute atomic E-state index is 12.5. The van der Waals surface area contributed by atoms with Gasteiger partial charge in [-0.25, -0.2) is 0 Å². The quantitative estimate of drug-likeness (QED) is 0.440. The molecule has 0 aromatic rings. The van der Waals surface area contributed by atoms with E-state index in [1.165, 1.54) is 0 Å². The molecule has 0 saturated heterocycles. The molecule has 1 rings (SSSR count). The summed E-state index contributed by atoms with van der Waals surface area (Å²) in [6, 6.07) is 0. The Kier molecular flexibility index (Phi) is 2.12. The van der Waals surface area contributed by atoms with Crippen LogP contribution in [0.3, 0.4) is 0 Å².